The van der Waals surface area contributed by atoms with E-state index in [4.69, 9.17) is 9.47 Å². The standard InChI is InChI=1S/C19H19BrN4O3S/c1-24-18(12-4-9-15(26-2)16(10-12)27-3)22-23-19(24)28-11-17(25)21-14-7-5-13(20)6-8-14/h4-10H,11H2,1-3H3,(H,21,25). The summed E-state index contributed by atoms with van der Waals surface area (Å²) in [4.78, 5) is 12.2. The summed E-state index contributed by atoms with van der Waals surface area (Å²) in [5, 5.41) is 12.0. The molecule has 0 aliphatic rings. The summed E-state index contributed by atoms with van der Waals surface area (Å²) in [6, 6.07) is 13.0. The summed E-state index contributed by atoms with van der Waals surface area (Å²) >= 11 is 4.69. The fourth-order valence-electron chi connectivity index (χ4n) is 2.53. The molecule has 0 fully saturated rings. The monoisotopic (exact) mass is 462 g/mol. The lowest BCUT2D eigenvalue weighted by molar-refractivity contribution is -0.113. The lowest BCUT2D eigenvalue weighted by Gasteiger charge is -2.09. The Hall–Kier alpha value is -2.52. The molecule has 3 rings (SSSR count). The van der Waals surface area contributed by atoms with Crippen molar-refractivity contribution in [3.63, 3.8) is 0 Å². The molecule has 0 atom stereocenters. The number of rotatable bonds is 7. The summed E-state index contributed by atoms with van der Waals surface area (Å²) in [5.41, 5.74) is 1.59. The molecule has 7 nitrogen and oxygen atoms in total. The molecule has 0 aliphatic carbocycles. The minimum atomic E-state index is -0.108. The first-order valence-corrected chi connectivity index (χ1v) is 10.1. The van der Waals surface area contributed by atoms with Crippen LogP contribution in [0.1, 0.15) is 0 Å². The van der Waals surface area contributed by atoms with E-state index in [-0.39, 0.29) is 11.7 Å². The van der Waals surface area contributed by atoms with Crippen LogP contribution in [0.15, 0.2) is 52.1 Å². The van der Waals surface area contributed by atoms with Crippen molar-refractivity contribution in [2.24, 2.45) is 7.05 Å². The number of anilines is 1. The van der Waals surface area contributed by atoms with E-state index in [1.807, 2.05) is 54.1 Å². The lowest BCUT2D eigenvalue weighted by Crippen LogP contribution is -2.14. The Balaban J connectivity index is 1.67. The van der Waals surface area contributed by atoms with Crippen molar-refractivity contribution >= 4 is 39.3 Å². The topological polar surface area (TPSA) is 78.3 Å². The van der Waals surface area contributed by atoms with Gasteiger partial charge in [-0.1, -0.05) is 27.7 Å². The predicted octanol–water partition coefficient (Wildman–Crippen LogP) is 3.99. The molecule has 0 unspecified atom stereocenters. The van der Waals surface area contributed by atoms with Gasteiger partial charge in [-0.25, -0.2) is 0 Å². The normalized spacial score (nSPS) is 10.6. The van der Waals surface area contributed by atoms with Crippen molar-refractivity contribution < 1.29 is 14.3 Å². The third-order valence-corrected chi connectivity index (χ3v) is 5.49. The highest BCUT2D eigenvalue weighted by Gasteiger charge is 2.15. The van der Waals surface area contributed by atoms with Crippen molar-refractivity contribution in [3.8, 4) is 22.9 Å². The first kappa shape index (κ1) is 20.2. The van der Waals surface area contributed by atoms with Crippen LogP contribution >= 0.6 is 27.7 Å². The molecule has 9 heteroatoms. The van der Waals surface area contributed by atoms with E-state index in [9.17, 15) is 4.79 Å². The number of nitrogens with zero attached hydrogens (tertiary/aromatic N) is 3. The van der Waals surface area contributed by atoms with Gasteiger partial charge in [0.25, 0.3) is 0 Å². The van der Waals surface area contributed by atoms with Crippen LogP contribution in [0.3, 0.4) is 0 Å². The number of thioether (sulfide) groups is 1. The molecule has 1 heterocycles. The molecule has 2 aromatic carbocycles. The van der Waals surface area contributed by atoms with Gasteiger partial charge in [-0.3, -0.25) is 4.79 Å². The highest BCUT2D eigenvalue weighted by molar-refractivity contribution is 9.10. The van der Waals surface area contributed by atoms with E-state index in [0.29, 0.717) is 22.5 Å². The molecule has 0 aliphatic heterocycles. The number of ether oxygens (including phenoxy) is 2. The largest absolute Gasteiger partial charge is 0.493 e. The highest BCUT2D eigenvalue weighted by Crippen LogP contribution is 2.32. The van der Waals surface area contributed by atoms with Crippen LogP contribution in [0.2, 0.25) is 0 Å². The minimum absolute atomic E-state index is 0.108. The van der Waals surface area contributed by atoms with E-state index in [1.54, 1.807) is 14.2 Å². The minimum Gasteiger partial charge on any atom is -0.493 e. The number of nitrogens with one attached hydrogen (secondary N) is 1. The fraction of sp³-hybridized carbons (Fsp3) is 0.211. The van der Waals surface area contributed by atoms with Crippen LogP contribution in [0.25, 0.3) is 11.4 Å². The maximum Gasteiger partial charge on any atom is 0.234 e. The van der Waals surface area contributed by atoms with Gasteiger partial charge in [0.15, 0.2) is 22.5 Å². The molecule has 1 N–H and O–H groups in total. The van der Waals surface area contributed by atoms with Crippen LogP contribution < -0.4 is 14.8 Å². The molecular formula is C19H19BrN4O3S. The van der Waals surface area contributed by atoms with Crippen LogP contribution in [0.4, 0.5) is 5.69 Å². The summed E-state index contributed by atoms with van der Waals surface area (Å²) in [7, 11) is 5.04. The molecule has 0 radical (unpaired) electrons. The van der Waals surface area contributed by atoms with Gasteiger partial charge in [-0.05, 0) is 42.5 Å². The Kier molecular flexibility index (Phi) is 6.58. The average Bonchev–Trinajstić information content (AvgIpc) is 3.08. The zero-order chi connectivity index (χ0) is 20.1. The van der Waals surface area contributed by atoms with Gasteiger partial charge in [0.05, 0.1) is 20.0 Å². The van der Waals surface area contributed by atoms with E-state index in [2.05, 4.69) is 31.4 Å². The molecular weight excluding hydrogens is 444 g/mol. The Morgan fingerprint density at radius 3 is 2.50 bits per heavy atom. The fourth-order valence-corrected chi connectivity index (χ4v) is 3.50. The summed E-state index contributed by atoms with van der Waals surface area (Å²) < 4.78 is 13.4. The summed E-state index contributed by atoms with van der Waals surface area (Å²) in [6.45, 7) is 0. The van der Waals surface area contributed by atoms with Gasteiger partial charge in [0, 0.05) is 22.8 Å². The number of hydrogen-bond donors (Lipinski definition) is 1. The van der Waals surface area contributed by atoms with Gasteiger partial charge in [-0.15, -0.1) is 10.2 Å². The van der Waals surface area contributed by atoms with Gasteiger partial charge < -0.3 is 19.4 Å². The molecule has 1 aromatic heterocycles. The molecule has 1 amide bonds. The molecule has 0 saturated carbocycles. The first-order valence-electron chi connectivity index (χ1n) is 8.32. The van der Waals surface area contributed by atoms with Crippen molar-refractivity contribution in [2.75, 3.05) is 25.3 Å². The van der Waals surface area contributed by atoms with Gasteiger partial charge in [0.2, 0.25) is 5.91 Å². The molecule has 3 aromatic rings. The Bertz CT molecular complexity index is 976. The van der Waals surface area contributed by atoms with E-state index < -0.39 is 0 Å². The number of benzene rings is 2. The lowest BCUT2D eigenvalue weighted by atomic mass is 10.2. The van der Waals surface area contributed by atoms with E-state index in [0.717, 1.165) is 15.7 Å². The third-order valence-electron chi connectivity index (χ3n) is 3.94. The smallest absolute Gasteiger partial charge is 0.234 e. The third kappa shape index (κ3) is 4.66. The summed E-state index contributed by atoms with van der Waals surface area (Å²) in [6.07, 6.45) is 0. The predicted molar refractivity (Wildman–Crippen MR) is 113 cm³/mol. The summed E-state index contributed by atoms with van der Waals surface area (Å²) in [5.74, 6) is 2.06. The Morgan fingerprint density at radius 1 is 1.11 bits per heavy atom. The Labute approximate surface area is 175 Å². The number of amides is 1. The quantitative estimate of drug-likeness (QED) is 0.534. The maximum absolute atomic E-state index is 12.2. The SMILES string of the molecule is COc1ccc(-c2nnc(SCC(=O)Nc3ccc(Br)cc3)n2C)cc1OC. The highest BCUT2D eigenvalue weighted by atomic mass is 79.9. The second-order valence-electron chi connectivity index (χ2n) is 5.78. The van der Waals surface area contributed by atoms with Crippen LogP contribution in [0, 0.1) is 0 Å². The number of carbonyl (C=O) groups is 1. The van der Waals surface area contributed by atoms with Crippen molar-refractivity contribution in [1.29, 1.82) is 0 Å². The molecule has 28 heavy (non-hydrogen) atoms. The Morgan fingerprint density at radius 2 is 1.82 bits per heavy atom. The number of methoxy groups -OCH3 is 2. The average molecular weight is 463 g/mol. The molecule has 0 bridgehead atoms. The van der Waals surface area contributed by atoms with Gasteiger partial charge in [-0.2, -0.15) is 0 Å². The molecule has 0 saturated heterocycles. The van der Waals surface area contributed by atoms with Crippen LogP contribution in [-0.4, -0.2) is 40.6 Å². The van der Waals surface area contributed by atoms with Gasteiger partial charge in [0.1, 0.15) is 0 Å². The first-order chi connectivity index (χ1) is 13.5. The number of halogens is 1. The van der Waals surface area contributed by atoms with Crippen molar-refractivity contribution in [3.05, 3.63) is 46.9 Å². The van der Waals surface area contributed by atoms with E-state index in [1.165, 1.54) is 11.8 Å². The zero-order valence-corrected chi connectivity index (χ0v) is 18.0. The zero-order valence-electron chi connectivity index (χ0n) is 15.6. The number of carbonyl (C=O) groups excluding carboxylic acids is 1. The molecule has 0 spiro atoms. The van der Waals surface area contributed by atoms with Crippen molar-refractivity contribution in [2.45, 2.75) is 5.16 Å². The number of hydrogen-bond acceptors (Lipinski definition) is 6. The van der Waals surface area contributed by atoms with E-state index >= 15 is 0 Å². The second kappa shape index (κ2) is 9.11. The van der Waals surface area contributed by atoms with Crippen LogP contribution in [-0.2, 0) is 11.8 Å². The second-order valence-corrected chi connectivity index (χ2v) is 7.64. The van der Waals surface area contributed by atoms with Crippen molar-refractivity contribution in [1.82, 2.24) is 14.8 Å². The maximum atomic E-state index is 12.2. The van der Waals surface area contributed by atoms with Crippen LogP contribution in [0.5, 0.6) is 11.5 Å². The number of aromatic nitrogens is 3. The molecule has 146 valence electrons. The van der Waals surface area contributed by atoms with Gasteiger partial charge >= 0.3 is 0 Å².